The largest absolute Gasteiger partial charge is 0.356 e. The number of rotatable bonds is 5. The van der Waals surface area contributed by atoms with E-state index < -0.39 is 6.72 Å². The summed E-state index contributed by atoms with van der Waals surface area (Å²) >= 11 is 1.28. The summed E-state index contributed by atoms with van der Waals surface area (Å²) in [6.45, 7) is 4.25. The van der Waals surface area contributed by atoms with Gasteiger partial charge in [-0.15, -0.1) is 4.99 Å². The molecule has 1 unspecified atom stereocenters. The Morgan fingerprint density at radius 1 is 1.76 bits per heavy atom. The first-order valence-corrected chi connectivity index (χ1v) is 8.51. The second kappa shape index (κ2) is 6.29. The zero-order valence-corrected chi connectivity index (χ0v) is 11.9. The summed E-state index contributed by atoms with van der Waals surface area (Å²) in [4.78, 5) is 3.63. The predicted molar refractivity (Wildman–Crippen MR) is 69.7 cm³/mol. The third kappa shape index (κ3) is 3.63. The maximum Gasteiger partial charge on any atom is 0.356 e. The van der Waals surface area contributed by atoms with E-state index in [9.17, 15) is 4.57 Å². The molecule has 8 heteroatoms. The highest BCUT2D eigenvalue weighted by molar-refractivity contribution is 8.56. The van der Waals surface area contributed by atoms with E-state index in [1.165, 1.54) is 11.4 Å². The van der Waals surface area contributed by atoms with Gasteiger partial charge in [0.2, 0.25) is 12.2 Å². The normalized spacial score (nSPS) is 21.4. The van der Waals surface area contributed by atoms with E-state index in [0.717, 1.165) is 0 Å². The molecule has 1 aliphatic rings. The molecule has 6 nitrogen and oxygen atoms in total. The fourth-order valence-corrected chi connectivity index (χ4v) is 6.22. The predicted octanol–water partition coefficient (Wildman–Crippen LogP) is 2.01. The van der Waals surface area contributed by atoms with Crippen LogP contribution in [0.4, 0.5) is 0 Å². The number of hydrogen-bond acceptors (Lipinski definition) is 5. The van der Waals surface area contributed by atoms with Crippen molar-refractivity contribution < 1.29 is 9.09 Å². The molecule has 0 aromatic carbocycles. The number of guanidine groups is 1. The van der Waals surface area contributed by atoms with Crippen LogP contribution in [0.3, 0.4) is 0 Å². The van der Waals surface area contributed by atoms with Gasteiger partial charge >= 0.3 is 6.72 Å². The maximum absolute atomic E-state index is 12.7. The van der Waals surface area contributed by atoms with Gasteiger partial charge in [0.25, 0.3) is 0 Å². The molecular weight excluding hydrogens is 259 g/mol. The summed E-state index contributed by atoms with van der Waals surface area (Å²) < 4.78 is 19.7. The van der Waals surface area contributed by atoms with Crippen molar-refractivity contribution in [2.45, 2.75) is 26.0 Å². The van der Waals surface area contributed by atoms with E-state index in [1.807, 2.05) is 13.8 Å². The van der Waals surface area contributed by atoms with Gasteiger partial charge in [-0.05, 0) is 18.3 Å². The molecule has 1 heterocycles. The molecule has 0 radical (unpaired) electrons. The van der Waals surface area contributed by atoms with Crippen molar-refractivity contribution in [3.8, 4) is 6.19 Å². The van der Waals surface area contributed by atoms with Crippen LogP contribution in [0.5, 0.6) is 0 Å². The van der Waals surface area contributed by atoms with Gasteiger partial charge in [-0.1, -0.05) is 13.8 Å². The van der Waals surface area contributed by atoms with Gasteiger partial charge in [-0.3, -0.25) is 9.24 Å². The summed E-state index contributed by atoms with van der Waals surface area (Å²) in [6.07, 6.45) is 1.71. The Labute approximate surface area is 106 Å². The third-order valence-electron chi connectivity index (χ3n) is 1.94. The summed E-state index contributed by atoms with van der Waals surface area (Å²) in [7, 11) is 0. The molecule has 0 aromatic rings. The number of nitriles is 1. The van der Waals surface area contributed by atoms with Crippen molar-refractivity contribution in [1.82, 2.24) is 9.99 Å². The van der Waals surface area contributed by atoms with Crippen molar-refractivity contribution in [2.75, 3.05) is 19.7 Å². The Morgan fingerprint density at radius 3 is 3.00 bits per heavy atom. The second-order valence-electron chi connectivity index (χ2n) is 3.63. The molecule has 1 atom stereocenters. The lowest BCUT2D eigenvalue weighted by molar-refractivity contribution is 0.320. The lowest BCUT2D eigenvalue weighted by atomic mass is 10.6. The van der Waals surface area contributed by atoms with Gasteiger partial charge in [0, 0.05) is 18.3 Å². The van der Waals surface area contributed by atoms with Gasteiger partial charge in [-0.2, -0.15) is 5.26 Å². The monoisotopic (exact) mass is 276 g/mol. The summed E-state index contributed by atoms with van der Waals surface area (Å²) in [5.74, 6) is 0.345. The summed E-state index contributed by atoms with van der Waals surface area (Å²) in [6, 6.07) is 0. The second-order valence-corrected chi connectivity index (χ2v) is 8.47. The Bertz CT molecular complexity index is 380. The smallest absolute Gasteiger partial charge is 0.353 e. The number of aliphatic imine (C=N–C) groups is 1. The van der Waals surface area contributed by atoms with Crippen LogP contribution in [0.15, 0.2) is 4.99 Å². The van der Waals surface area contributed by atoms with Crippen molar-refractivity contribution in [3.63, 3.8) is 0 Å². The van der Waals surface area contributed by atoms with Crippen LogP contribution >= 0.6 is 18.1 Å². The van der Waals surface area contributed by atoms with Gasteiger partial charge < -0.3 is 9.84 Å². The minimum Gasteiger partial charge on any atom is -0.353 e. The van der Waals surface area contributed by atoms with Gasteiger partial charge in [0.15, 0.2) is 0 Å². The SMILES string of the molecule is CCOP(=O)(SC(C)C)N1CCN/C1=N\C#N. The van der Waals surface area contributed by atoms with Crippen LogP contribution in [0.2, 0.25) is 0 Å². The number of hydrogen-bond donors (Lipinski definition) is 1. The number of nitrogens with one attached hydrogen (secondary N) is 1. The molecule has 1 saturated heterocycles. The highest BCUT2D eigenvalue weighted by Gasteiger charge is 2.38. The fraction of sp³-hybridized carbons (Fsp3) is 0.778. The average molecular weight is 276 g/mol. The molecule has 17 heavy (non-hydrogen) atoms. The van der Waals surface area contributed by atoms with E-state index >= 15 is 0 Å². The van der Waals surface area contributed by atoms with E-state index in [1.54, 1.807) is 17.8 Å². The first-order chi connectivity index (χ1) is 8.03. The lowest BCUT2D eigenvalue weighted by Gasteiger charge is -2.27. The first kappa shape index (κ1) is 14.4. The summed E-state index contributed by atoms with van der Waals surface area (Å²) in [5, 5.41) is 11.7. The molecule has 0 saturated carbocycles. The molecule has 0 spiro atoms. The first-order valence-electron chi connectivity index (χ1n) is 5.45. The standard InChI is InChI=1S/C9H17N4O2PS/c1-4-15-16(14,17-8(2)3)13-6-5-11-9(13)12-7-10/h8H,4-6H2,1-3H3,(H,11,12). The summed E-state index contributed by atoms with van der Waals surface area (Å²) in [5.41, 5.74) is 0. The third-order valence-corrected chi connectivity index (χ3v) is 7.16. The molecule has 96 valence electrons. The Kier molecular flexibility index (Phi) is 5.31. The highest BCUT2D eigenvalue weighted by Crippen LogP contribution is 2.64. The van der Waals surface area contributed by atoms with Crippen LogP contribution in [0.1, 0.15) is 20.8 Å². The molecule has 1 N–H and O–H groups in total. The van der Waals surface area contributed by atoms with Crippen LogP contribution < -0.4 is 5.32 Å². The molecular formula is C9H17N4O2PS. The maximum atomic E-state index is 12.7. The Morgan fingerprint density at radius 2 is 2.47 bits per heavy atom. The van der Waals surface area contributed by atoms with E-state index in [-0.39, 0.29) is 5.25 Å². The molecule has 1 rings (SSSR count). The Balaban J connectivity index is 2.94. The molecule has 0 bridgehead atoms. The van der Waals surface area contributed by atoms with Crippen molar-refractivity contribution >= 4 is 24.1 Å². The Hall–Kier alpha value is -0.700. The minimum absolute atomic E-state index is 0.177. The molecule has 0 aliphatic carbocycles. The van der Waals surface area contributed by atoms with Crippen LogP contribution in [-0.2, 0) is 9.09 Å². The van der Waals surface area contributed by atoms with Crippen LogP contribution in [0, 0.1) is 11.5 Å². The quantitative estimate of drug-likeness (QED) is 0.611. The van der Waals surface area contributed by atoms with Crippen LogP contribution in [0.25, 0.3) is 0 Å². The zero-order chi connectivity index (χ0) is 12.9. The van der Waals surface area contributed by atoms with Crippen molar-refractivity contribution in [3.05, 3.63) is 0 Å². The number of nitrogens with zero attached hydrogens (tertiary/aromatic N) is 3. The average Bonchev–Trinajstić information content (AvgIpc) is 2.66. The van der Waals surface area contributed by atoms with Gasteiger partial charge in [0.05, 0.1) is 6.61 Å². The zero-order valence-electron chi connectivity index (χ0n) is 10.2. The minimum atomic E-state index is -3.00. The molecule has 0 aromatic heterocycles. The van der Waals surface area contributed by atoms with E-state index in [4.69, 9.17) is 9.79 Å². The van der Waals surface area contributed by atoms with Gasteiger partial charge in [0.1, 0.15) is 0 Å². The van der Waals surface area contributed by atoms with Crippen molar-refractivity contribution in [1.29, 1.82) is 5.26 Å². The molecule has 0 amide bonds. The van der Waals surface area contributed by atoms with E-state index in [0.29, 0.717) is 25.7 Å². The van der Waals surface area contributed by atoms with Gasteiger partial charge in [-0.25, -0.2) is 0 Å². The molecule has 1 fully saturated rings. The fourth-order valence-electron chi connectivity index (χ4n) is 1.44. The molecule has 1 aliphatic heterocycles. The topological polar surface area (TPSA) is 77.7 Å². The highest BCUT2D eigenvalue weighted by atomic mass is 32.7. The lowest BCUT2D eigenvalue weighted by Crippen LogP contribution is -2.27. The van der Waals surface area contributed by atoms with Crippen LogP contribution in [-0.4, -0.2) is 35.6 Å². The van der Waals surface area contributed by atoms with E-state index in [2.05, 4.69) is 10.3 Å². The van der Waals surface area contributed by atoms with Crippen molar-refractivity contribution in [2.24, 2.45) is 4.99 Å².